The van der Waals surface area contributed by atoms with Gasteiger partial charge in [-0.2, -0.15) is 5.10 Å². The van der Waals surface area contributed by atoms with E-state index >= 15 is 0 Å². The van der Waals surface area contributed by atoms with E-state index in [-0.39, 0.29) is 23.3 Å². The molecule has 1 aromatic heterocycles. The molecule has 6 rings (SSSR count). The fraction of sp³-hybridized carbons (Fsp3) is 0.286. The molecule has 0 saturated carbocycles. The van der Waals surface area contributed by atoms with Crippen molar-refractivity contribution in [3.8, 4) is 11.5 Å². The average molecular weight is 561 g/mol. The van der Waals surface area contributed by atoms with Crippen LogP contribution in [0, 0.1) is 0 Å². The summed E-state index contributed by atoms with van der Waals surface area (Å²) in [7, 11) is 2.08. The van der Waals surface area contributed by atoms with Gasteiger partial charge in [0.2, 0.25) is 5.72 Å². The lowest BCUT2D eigenvalue weighted by atomic mass is 9.76. The molecule has 7 heteroatoms. The van der Waals surface area contributed by atoms with Crippen LogP contribution in [0.15, 0.2) is 84.1 Å². The molecular formula is C35H36N4O3. The van der Waals surface area contributed by atoms with Crippen LogP contribution in [0.4, 0.5) is 5.69 Å². The number of amides is 1. The van der Waals surface area contributed by atoms with Gasteiger partial charge in [0.1, 0.15) is 17.0 Å². The number of likely N-dealkylation sites (N-methyl/N-ethyl adjacent to an activating group) is 1. The zero-order valence-electron chi connectivity index (χ0n) is 24.9. The maximum atomic E-state index is 12.7. The number of carbonyl (C=O) groups excluding carboxylic acids is 1. The molecule has 3 aromatic carbocycles. The number of para-hydroxylation sites is 2. The SMILES string of the molecule is CN1c2ccccc2C(C)(C)C12C=Cc1cc(C(C)(C)C)cc(/C=N/NC(=O)COc3cccc4cccnc34)c1O2. The minimum atomic E-state index is -0.723. The van der Waals surface area contributed by atoms with Gasteiger partial charge in [-0.05, 0) is 72.9 Å². The first-order valence-electron chi connectivity index (χ1n) is 14.2. The molecule has 0 saturated heterocycles. The van der Waals surface area contributed by atoms with Crippen LogP contribution in [-0.4, -0.2) is 36.5 Å². The number of benzene rings is 3. The van der Waals surface area contributed by atoms with Crippen LogP contribution < -0.4 is 19.8 Å². The van der Waals surface area contributed by atoms with Crippen LogP contribution in [0.2, 0.25) is 0 Å². The molecular weight excluding hydrogens is 524 g/mol. The molecule has 1 amide bonds. The number of fused-ring (bicyclic) bond motifs is 3. The summed E-state index contributed by atoms with van der Waals surface area (Å²) >= 11 is 0. The van der Waals surface area contributed by atoms with Gasteiger partial charge in [0.05, 0.1) is 11.6 Å². The third-order valence-corrected chi connectivity index (χ3v) is 8.44. The quantitative estimate of drug-likeness (QED) is 0.220. The van der Waals surface area contributed by atoms with Crippen molar-refractivity contribution in [3.05, 3.63) is 101 Å². The summed E-state index contributed by atoms with van der Waals surface area (Å²) in [5, 5.41) is 5.27. The highest BCUT2D eigenvalue weighted by Crippen LogP contribution is 2.54. The number of aromatic nitrogens is 1. The second-order valence-electron chi connectivity index (χ2n) is 12.5. The van der Waals surface area contributed by atoms with Crippen molar-refractivity contribution in [1.82, 2.24) is 10.4 Å². The van der Waals surface area contributed by atoms with Gasteiger partial charge < -0.3 is 14.4 Å². The minimum Gasteiger partial charge on any atom is -0.481 e. The van der Waals surface area contributed by atoms with Crippen molar-refractivity contribution in [2.45, 2.75) is 51.2 Å². The van der Waals surface area contributed by atoms with Crippen molar-refractivity contribution < 1.29 is 14.3 Å². The molecule has 1 unspecified atom stereocenters. The van der Waals surface area contributed by atoms with Gasteiger partial charge in [-0.1, -0.05) is 57.2 Å². The van der Waals surface area contributed by atoms with Gasteiger partial charge in [0, 0.05) is 35.4 Å². The van der Waals surface area contributed by atoms with Gasteiger partial charge in [0.25, 0.3) is 5.91 Å². The van der Waals surface area contributed by atoms with Crippen molar-refractivity contribution in [2.24, 2.45) is 5.10 Å². The zero-order chi connectivity index (χ0) is 29.7. The van der Waals surface area contributed by atoms with E-state index < -0.39 is 5.72 Å². The Hall–Kier alpha value is -4.65. The summed E-state index contributed by atoms with van der Waals surface area (Å²) in [5.41, 5.74) is 7.48. The first-order valence-corrected chi connectivity index (χ1v) is 14.2. The van der Waals surface area contributed by atoms with Gasteiger partial charge in [0.15, 0.2) is 6.61 Å². The Morgan fingerprint density at radius 2 is 1.88 bits per heavy atom. The number of pyridine rings is 1. The number of hydrogen-bond acceptors (Lipinski definition) is 6. The van der Waals surface area contributed by atoms with Crippen LogP contribution in [-0.2, 0) is 15.6 Å². The third kappa shape index (κ3) is 4.49. The first kappa shape index (κ1) is 27.5. The molecule has 4 aromatic rings. The van der Waals surface area contributed by atoms with Crippen LogP contribution >= 0.6 is 0 Å². The lowest BCUT2D eigenvalue weighted by molar-refractivity contribution is -0.123. The molecule has 7 nitrogen and oxygen atoms in total. The van der Waals surface area contributed by atoms with E-state index in [1.807, 2.05) is 24.3 Å². The molecule has 1 atom stereocenters. The molecule has 0 bridgehead atoms. The molecule has 214 valence electrons. The highest BCUT2D eigenvalue weighted by atomic mass is 16.5. The van der Waals surface area contributed by atoms with Crippen molar-refractivity contribution in [2.75, 3.05) is 18.6 Å². The Bertz CT molecular complexity index is 1750. The molecule has 1 spiro atoms. The molecule has 1 N–H and O–H groups in total. The normalized spacial score (nSPS) is 18.7. The molecule has 0 fully saturated rings. The fourth-order valence-electron chi connectivity index (χ4n) is 5.98. The standard InChI is InChI=1S/C35H36N4O3/c1-33(2,3)26-19-24-16-17-35(34(4,5)27-13-7-8-14-28(27)39(35)6)42-32(24)25(20-26)21-37-38-30(40)22-41-29-15-9-11-23-12-10-18-36-31(23)29/h7-21H,22H2,1-6H3,(H,38,40)/b37-21+. The van der Waals surface area contributed by atoms with E-state index in [1.54, 1.807) is 18.5 Å². The largest absolute Gasteiger partial charge is 0.481 e. The summed E-state index contributed by atoms with van der Waals surface area (Å²) in [6.45, 7) is 10.8. The molecule has 2 aliphatic heterocycles. The highest BCUT2D eigenvalue weighted by Gasteiger charge is 2.57. The third-order valence-electron chi connectivity index (χ3n) is 8.44. The van der Waals surface area contributed by atoms with E-state index in [2.05, 4.69) is 111 Å². The topological polar surface area (TPSA) is 76.1 Å². The maximum Gasteiger partial charge on any atom is 0.277 e. The number of nitrogens with zero attached hydrogens (tertiary/aromatic N) is 3. The smallest absolute Gasteiger partial charge is 0.277 e. The van der Waals surface area contributed by atoms with Gasteiger partial charge in [-0.15, -0.1) is 0 Å². The average Bonchev–Trinajstić information content (AvgIpc) is 3.13. The second-order valence-corrected chi connectivity index (χ2v) is 12.5. The van der Waals surface area contributed by atoms with E-state index in [9.17, 15) is 4.79 Å². The monoisotopic (exact) mass is 560 g/mol. The Balaban J connectivity index is 1.27. The fourth-order valence-corrected chi connectivity index (χ4v) is 5.98. The number of hydrogen-bond donors (Lipinski definition) is 1. The van der Waals surface area contributed by atoms with Crippen molar-refractivity contribution in [1.29, 1.82) is 0 Å². The van der Waals surface area contributed by atoms with Gasteiger partial charge >= 0.3 is 0 Å². The van der Waals surface area contributed by atoms with Crippen LogP contribution in [0.5, 0.6) is 11.5 Å². The van der Waals surface area contributed by atoms with Crippen molar-refractivity contribution in [3.63, 3.8) is 0 Å². The van der Waals surface area contributed by atoms with E-state index in [4.69, 9.17) is 9.47 Å². The Morgan fingerprint density at radius 3 is 2.67 bits per heavy atom. The lowest BCUT2D eigenvalue weighted by Gasteiger charge is -2.46. The number of carbonyl (C=O) groups is 1. The number of ether oxygens (including phenoxy) is 2. The van der Waals surface area contributed by atoms with Gasteiger partial charge in [-0.3, -0.25) is 9.78 Å². The van der Waals surface area contributed by atoms with E-state index in [0.717, 1.165) is 33.5 Å². The number of anilines is 1. The summed E-state index contributed by atoms with van der Waals surface area (Å²) < 4.78 is 12.8. The number of hydrazone groups is 1. The predicted molar refractivity (Wildman–Crippen MR) is 168 cm³/mol. The first-order chi connectivity index (χ1) is 20.0. The lowest BCUT2D eigenvalue weighted by Crippen LogP contribution is -2.58. The summed E-state index contributed by atoms with van der Waals surface area (Å²) in [6, 6.07) is 22.2. The maximum absolute atomic E-state index is 12.7. The second kappa shape index (κ2) is 10.0. The van der Waals surface area contributed by atoms with Crippen LogP contribution in [0.25, 0.3) is 17.0 Å². The molecule has 3 heterocycles. The Morgan fingerprint density at radius 1 is 1.10 bits per heavy atom. The zero-order valence-corrected chi connectivity index (χ0v) is 24.9. The van der Waals surface area contributed by atoms with Gasteiger partial charge in [-0.25, -0.2) is 5.43 Å². The molecule has 42 heavy (non-hydrogen) atoms. The molecule has 0 aliphatic carbocycles. The van der Waals surface area contributed by atoms with E-state index in [0.29, 0.717) is 11.3 Å². The van der Waals surface area contributed by atoms with Crippen molar-refractivity contribution >= 4 is 34.8 Å². The highest BCUT2D eigenvalue weighted by molar-refractivity contribution is 5.89. The molecule has 2 aliphatic rings. The Kier molecular flexibility index (Phi) is 6.56. The predicted octanol–water partition coefficient (Wildman–Crippen LogP) is 6.59. The summed E-state index contributed by atoms with van der Waals surface area (Å²) in [6.07, 6.45) is 7.69. The number of nitrogens with one attached hydrogen (secondary N) is 1. The minimum absolute atomic E-state index is 0.0934. The Labute approximate surface area is 246 Å². The summed E-state index contributed by atoms with van der Waals surface area (Å²) in [4.78, 5) is 19.3. The molecule has 0 radical (unpaired) electrons. The van der Waals surface area contributed by atoms with Crippen LogP contribution in [0.1, 0.15) is 56.9 Å². The number of rotatable bonds is 5. The van der Waals surface area contributed by atoms with E-state index in [1.165, 1.54) is 5.56 Å². The summed E-state index contributed by atoms with van der Waals surface area (Å²) in [5.74, 6) is 0.910. The van der Waals surface area contributed by atoms with Crippen LogP contribution in [0.3, 0.4) is 0 Å².